The van der Waals surface area contributed by atoms with E-state index in [-0.39, 0.29) is 0 Å². The topological polar surface area (TPSA) is 25.8 Å². The summed E-state index contributed by atoms with van der Waals surface area (Å²) in [6.45, 7) is 9.30. The van der Waals surface area contributed by atoms with Crippen LogP contribution in [0, 0.1) is 11.8 Å². The number of rotatable bonds is 38. The van der Waals surface area contributed by atoms with E-state index in [1.165, 1.54) is 270 Å². The number of unbranched alkanes of at least 4 members (excludes halogenated alkanes) is 24. The average Bonchev–Trinajstić information content (AvgIpc) is 4.17. The minimum atomic E-state index is 0.815. The molecule has 0 radical (unpaired) electrons. The molecule has 0 saturated heterocycles. The van der Waals surface area contributed by atoms with Crippen LogP contribution in [0.2, 0.25) is 0 Å². The van der Waals surface area contributed by atoms with Crippen molar-refractivity contribution >= 4 is 88.3 Å². The van der Waals surface area contributed by atoms with Crippen LogP contribution in [0.15, 0.2) is 35.0 Å². The zero-order valence-corrected chi connectivity index (χ0v) is 45.7. The lowest BCUT2D eigenvalue weighted by atomic mass is 9.89. The van der Waals surface area contributed by atoms with Gasteiger partial charge in [-0.3, -0.25) is 0 Å². The molecule has 0 saturated carbocycles. The molecule has 7 heteroatoms. The first kappa shape index (κ1) is 52.7. The Morgan fingerprint density at radius 1 is 0.369 bits per heavy atom. The van der Waals surface area contributed by atoms with Gasteiger partial charge >= 0.3 is 0 Å². The molecular formula is C58H88N2S5. The molecule has 0 aliphatic rings. The summed E-state index contributed by atoms with van der Waals surface area (Å²) in [6, 6.07) is 10.00. The highest BCUT2D eigenvalue weighted by Crippen LogP contribution is 2.48. The van der Waals surface area contributed by atoms with Crippen LogP contribution >= 0.6 is 57.1 Å². The van der Waals surface area contributed by atoms with Crippen molar-refractivity contribution < 1.29 is 0 Å². The van der Waals surface area contributed by atoms with Crippen molar-refractivity contribution in [2.45, 2.75) is 246 Å². The van der Waals surface area contributed by atoms with Crippen molar-refractivity contribution in [3.63, 3.8) is 0 Å². The quantitative estimate of drug-likeness (QED) is 0.0361. The third kappa shape index (κ3) is 17.4. The fourth-order valence-corrected chi connectivity index (χ4v) is 15.5. The third-order valence-electron chi connectivity index (χ3n) is 14.4. The van der Waals surface area contributed by atoms with Gasteiger partial charge < -0.3 is 0 Å². The number of aromatic nitrogens is 2. The first-order valence-corrected chi connectivity index (χ1v) is 31.5. The highest BCUT2D eigenvalue weighted by atomic mass is 32.1. The molecule has 5 aromatic heterocycles. The predicted octanol–water partition coefficient (Wildman–Crippen LogP) is 22.5. The first-order valence-electron chi connectivity index (χ1n) is 27.4. The second-order valence-electron chi connectivity index (χ2n) is 20.1. The molecule has 6 rings (SSSR count). The lowest BCUT2D eigenvalue weighted by Crippen LogP contribution is -2.05. The van der Waals surface area contributed by atoms with Gasteiger partial charge in [-0.2, -0.15) is 8.75 Å². The fourth-order valence-electron chi connectivity index (χ4n) is 10.4. The second kappa shape index (κ2) is 30.8. The molecule has 0 N–H and O–H groups in total. The van der Waals surface area contributed by atoms with Gasteiger partial charge in [0.2, 0.25) is 0 Å². The highest BCUT2D eigenvalue weighted by Gasteiger charge is 2.21. The summed E-state index contributed by atoms with van der Waals surface area (Å²) in [4.78, 5) is 5.65. The molecule has 1 aromatic carbocycles. The van der Waals surface area contributed by atoms with Crippen LogP contribution in [0.3, 0.4) is 0 Å². The molecule has 0 amide bonds. The SMILES string of the molecule is CCCCCCCCCCC(CCCCCCCC)Cc1csc(-c2cc3c4nsnc4c4cc(-c5cc(CC(CCCCCCCC)CCCCCCCCCC)cs5)sc4c3s2)c1. The van der Waals surface area contributed by atoms with E-state index in [4.69, 9.17) is 8.75 Å². The second-order valence-corrected chi connectivity index (χ2v) is 24.5. The van der Waals surface area contributed by atoms with Crippen molar-refractivity contribution in [1.29, 1.82) is 0 Å². The number of hydrogen-bond donors (Lipinski definition) is 0. The normalized spacial score (nSPS) is 13.0. The van der Waals surface area contributed by atoms with E-state index >= 15 is 0 Å². The molecule has 0 fully saturated rings. The van der Waals surface area contributed by atoms with Crippen LogP contribution in [-0.2, 0) is 12.8 Å². The molecule has 360 valence electrons. The van der Waals surface area contributed by atoms with Gasteiger partial charge in [-0.15, -0.1) is 45.3 Å². The fraction of sp³-hybridized carbons (Fsp3) is 0.690. The van der Waals surface area contributed by atoms with Crippen LogP contribution in [0.1, 0.15) is 244 Å². The van der Waals surface area contributed by atoms with Crippen LogP contribution in [0.25, 0.3) is 50.7 Å². The Morgan fingerprint density at radius 3 is 1.00 bits per heavy atom. The van der Waals surface area contributed by atoms with Crippen molar-refractivity contribution in [2.24, 2.45) is 11.8 Å². The van der Waals surface area contributed by atoms with E-state index < -0.39 is 0 Å². The van der Waals surface area contributed by atoms with Crippen LogP contribution in [0.4, 0.5) is 0 Å². The molecule has 0 bridgehead atoms. The summed E-state index contributed by atoms with van der Waals surface area (Å²) < 4.78 is 12.7. The zero-order chi connectivity index (χ0) is 45.3. The number of nitrogens with zero attached hydrogens (tertiary/aromatic N) is 2. The number of fused-ring (bicyclic) bond motifs is 6. The Bertz CT molecular complexity index is 2000. The monoisotopic (exact) mass is 973 g/mol. The molecule has 5 heterocycles. The molecule has 0 spiro atoms. The van der Waals surface area contributed by atoms with E-state index in [0.717, 1.165) is 22.9 Å². The Morgan fingerprint density at radius 2 is 0.677 bits per heavy atom. The van der Waals surface area contributed by atoms with E-state index in [0.29, 0.717) is 0 Å². The minimum absolute atomic E-state index is 0.815. The molecule has 2 atom stereocenters. The summed E-state index contributed by atoms with van der Waals surface area (Å²) in [6.07, 6.45) is 47.4. The Kier molecular flexibility index (Phi) is 25.0. The summed E-state index contributed by atoms with van der Waals surface area (Å²) in [5.41, 5.74) is 5.30. The van der Waals surface area contributed by atoms with Crippen molar-refractivity contribution in [1.82, 2.24) is 8.75 Å². The largest absolute Gasteiger partial charge is 0.172 e. The number of hydrogen-bond acceptors (Lipinski definition) is 7. The van der Waals surface area contributed by atoms with Gasteiger partial charge in [0.25, 0.3) is 0 Å². The first-order chi connectivity index (χ1) is 32.1. The average molecular weight is 974 g/mol. The summed E-state index contributed by atoms with van der Waals surface area (Å²) >= 11 is 9.29. The summed E-state index contributed by atoms with van der Waals surface area (Å²) in [5, 5.41) is 7.57. The smallest absolute Gasteiger partial charge is 0.114 e. The van der Waals surface area contributed by atoms with Crippen molar-refractivity contribution in [2.75, 3.05) is 0 Å². The van der Waals surface area contributed by atoms with Gasteiger partial charge in [-0.25, -0.2) is 0 Å². The summed E-state index contributed by atoms with van der Waals surface area (Å²) in [7, 11) is 0. The molecular weight excluding hydrogens is 885 g/mol. The number of thiophene rings is 4. The molecule has 2 nitrogen and oxygen atoms in total. The maximum atomic E-state index is 4.92. The number of benzene rings is 1. The van der Waals surface area contributed by atoms with E-state index in [1.54, 1.807) is 11.1 Å². The van der Waals surface area contributed by atoms with Gasteiger partial charge in [0, 0.05) is 30.3 Å². The van der Waals surface area contributed by atoms with Crippen molar-refractivity contribution in [3.05, 3.63) is 46.2 Å². The minimum Gasteiger partial charge on any atom is -0.172 e. The third-order valence-corrected chi connectivity index (χ3v) is 19.7. The standard InChI is InChI=1S/C58H88N2S5/c1-5-9-13-17-21-23-27-31-35-45(33-29-25-19-15-11-7-3)37-47-39-51(61-43-47)53-41-49-55-56(60-65-59-55)50-42-54(64-58(50)57(49)63-53)52-40-48(44-62-52)38-46(34-30-26-20-16-12-8-4)36-32-28-24-22-18-14-10-6-2/h39-46H,5-38H2,1-4H3. The zero-order valence-electron chi connectivity index (χ0n) is 41.6. The lowest BCUT2D eigenvalue weighted by Gasteiger charge is -2.16. The van der Waals surface area contributed by atoms with Gasteiger partial charge in [-0.1, -0.05) is 233 Å². The van der Waals surface area contributed by atoms with E-state index in [1.807, 2.05) is 45.3 Å². The van der Waals surface area contributed by atoms with E-state index in [2.05, 4.69) is 62.7 Å². The van der Waals surface area contributed by atoms with Crippen LogP contribution < -0.4 is 0 Å². The van der Waals surface area contributed by atoms with E-state index in [9.17, 15) is 0 Å². The Labute approximate surface area is 417 Å². The lowest BCUT2D eigenvalue weighted by molar-refractivity contribution is 0.400. The molecule has 6 aromatic rings. The Hall–Kier alpha value is -1.64. The van der Waals surface area contributed by atoms with Crippen LogP contribution in [-0.4, -0.2) is 8.75 Å². The van der Waals surface area contributed by atoms with Gasteiger partial charge in [0.15, 0.2) is 0 Å². The van der Waals surface area contributed by atoms with Gasteiger partial charge in [0.05, 0.1) is 21.1 Å². The summed E-state index contributed by atoms with van der Waals surface area (Å²) in [5.74, 6) is 1.63. The predicted molar refractivity (Wildman–Crippen MR) is 300 cm³/mol. The van der Waals surface area contributed by atoms with Gasteiger partial charge in [0.1, 0.15) is 11.0 Å². The maximum absolute atomic E-state index is 4.92. The maximum Gasteiger partial charge on any atom is 0.114 e. The van der Waals surface area contributed by atoms with Gasteiger partial charge in [-0.05, 0) is 70.8 Å². The molecule has 65 heavy (non-hydrogen) atoms. The van der Waals surface area contributed by atoms with Crippen molar-refractivity contribution in [3.8, 4) is 19.5 Å². The molecule has 2 unspecified atom stereocenters. The Balaban J connectivity index is 1.12. The highest BCUT2D eigenvalue weighted by molar-refractivity contribution is 7.32. The molecule has 0 aliphatic heterocycles. The molecule has 0 aliphatic carbocycles. The van der Waals surface area contributed by atoms with Crippen LogP contribution in [0.5, 0.6) is 0 Å².